The average Bonchev–Trinajstić information content (AvgIpc) is 2.50. The highest BCUT2D eigenvalue weighted by molar-refractivity contribution is 6.42. The standard InChI is InChI=1S/C15H11Cl2N3O/c16-12-6-5-10(7-13(12)17)8-19-20-9-18-14-4-2-1-3-11(14)15(20)21/h1-7,9,19H,8H2. The molecule has 0 saturated carbocycles. The van der Waals surface area contributed by atoms with Gasteiger partial charge in [0.1, 0.15) is 6.33 Å². The second-order valence-corrected chi connectivity index (χ2v) is 5.33. The molecule has 6 heteroatoms. The fourth-order valence-electron chi connectivity index (χ4n) is 2.01. The van der Waals surface area contributed by atoms with Crippen LogP contribution in [0.15, 0.2) is 53.6 Å². The molecule has 0 amide bonds. The Kier molecular flexibility index (Phi) is 3.82. The molecule has 21 heavy (non-hydrogen) atoms. The Morgan fingerprint density at radius 1 is 1.10 bits per heavy atom. The number of nitrogens with zero attached hydrogens (tertiary/aromatic N) is 2. The van der Waals surface area contributed by atoms with Crippen molar-refractivity contribution in [2.75, 3.05) is 5.43 Å². The second-order valence-electron chi connectivity index (χ2n) is 4.52. The van der Waals surface area contributed by atoms with E-state index in [2.05, 4.69) is 10.4 Å². The van der Waals surface area contributed by atoms with E-state index in [1.165, 1.54) is 11.0 Å². The molecule has 0 radical (unpaired) electrons. The van der Waals surface area contributed by atoms with Gasteiger partial charge in [-0.15, -0.1) is 0 Å². The molecule has 0 spiro atoms. The van der Waals surface area contributed by atoms with Crippen LogP contribution in [0.2, 0.25) is 10.0 Å². The van der Waals surface area contributed by atoms with Crippen LogP contribution in [0.5, 0.6) is 0 Å². The molecule has 0 aliphatic rings. The fourth-order valence-corrected chi connectivity index (χ4v) is 2.33. The number of halogens is 2. The predicted octanol–water partition coefficient (Wildman–Crippen LogP) is 3.45. The maximum atomic E-state index is 12.3. The molecule has 4 nitrogen and oxygen atoms in total. The van der Waals surface area contributed by atoms with E-state index in [1.807, 2.05) is 18.2 Å². The third kappa shape index (κ3) is 2.86. The number of rotatable bonds is 3. The van der Waals surface area contributed by atoms with Gasteiger partial charge >= 0.3 is 0 Å². The SMILES string of the molecule is O=c1c2ccccc2ncn1NCc1ccc(Cl)c(Cl)c1. The van der Waals surface area contributed by atoms with Gasteiger partial charge in [0.2, 0.25) is 0 Å². The zero-order valence-electron chi connectivity index (χ0n) is 10.9. The first-order valence-corrected chi connectivity index (χ1v) is 7.05. The van der Waals surface area contributed by atoms with E-state index in [-0.39, 0.29) is 5.56 Å². The highest BCUT2D eigenvalue weighted by Crippen LogP contribution is 2.22. The molecule has 0 aliphatic heterocycles. The van der Waals surface area contributed by atoms with Gasteiger partial charge in [-0.05, 0) is 29.8 Å². The molecule has 1 heterocycles. The first-order valence-electron chi connectivity index (χ1n) is 6.29. The summed E-state index contributed by atoms with van der Waals surface area (Å²) in [5.41, 5.74) is 4.47. The van der Waals surface area contributed by atoms with Crippen LogP contribution in [-0.4, -0.2) is 9.66 Å². The highest BCUT2D eigenvalue weighted by atomic mass is 35.5. The van der Waals surface area contributed by atoms with Crippen LogP contribution < -0.4 is 11.0 Å². The van der Waals surface area contributed by atoms with E-state index in [9.17, 15) is 4.79 Å². The molecule has 0 saturated heterocycles. The Labute approximate surface area is 130 Å². The van der Waals surface area contributed by atoms with Crippen molar-refractivity contribution in [3.8, 4) is 0 Å². The molecule has 106 valence electrons. The first kappa shape index (κ1) is 13.9. The van der Waals surface area contributed by atoms with Crippen molar-refractivity contribution in [3.05, 3.63) is 74.8 Å². The first-order chi connectivity index (χ1) is 10.1. The summed E-state index contributed by atoms with van der Waals surface area (Å²) in [6.45, 7) is 0.441. The van der Waals surface area contributed by atoms with Gasteiger partial charge in [-0.3, -0.25) is 4.79 Å². The van der Waals surface area contributed by atoms with Crippen LogP contribution in [0.25, 0.3) is 10.9 Å². The summed E-state index contributed by atoms with van der Waals surface area (Å²) in [7, 11) is 0. The third-order valence-electron chi connectivity index (χ3n) is 3.10. The van der Waals surface area contributed by atoms with E-state index in [1.54, 1.807) is 24.3 Å². The number of para-hydroxylation sites is 1. The second kappa shape index (κ2) is 5.76. The summed E-state index contributed by atoms with van der Waals surface area (Å²) in [6.07, 6.45) is 1.47. The Morgan fingerprint density at radius 3 is 2.71 bits per heavy atom. The van der Waals surface area contributed by atoms with Gasteiger partial charge in [0, 0.05) is 0 Å². The minimum absolute atomic E-state index is 0.138. The van der Waals surface area contributed by atoms with E-state index in [4.69, 9.17) is 23.2 Å². The number of nitrogens with one attached hydrogen (secondary N) is 1. The maximum Gasteiger partial charge on any atom is 0.279 e. The quantitative estimate of drug-likeness (QED) is 0.804. The van der Waals surface area contributed by atoms with E-state index in [0.717, 1.165) is 5.56 Å². The summed E-state index contributed by atoms with van der Waals surface area (Å²) < 4.78 is 1.37. The van der Waals surface area contributed by atoms with Crippen LogP contribution in [0.1, 0.15) is 5.56 Å². The van der Waals surface area contributed by atoms with Crippen LogP contribution in [-0.2, 0) is 6.54 Å². The van der Waals surface area contributed by atoms with Gasteiger partial charge in [0.25, 0.3) is 5.56 Å². The minimum atomic E-state index is -0.138. The van der Waals surface area contributed by atoms with Gasteiger partial charge in [-0.2, -0.15) is 0 Å². The lowest BCUT2D eigenvalue weighted by Gasteiger charge is -2.10. The number of hydrogen-bond acceptors (Lipinski definition) is 3. The van der Waals surface area contributed by atoms with Crippen LogP contribution >= 0.6 is 23.2 Å². The van der Waals surface area contributed by atoms with Crippen molar-refractivity contribution in [2.45, 2.75) is 6.54 Å². The van der Waals surface area contributed by atoms with Crippen molar-refractivity contribution in [1.82, 2.24) is 9.66 Å². The van der Waals surface area contributed by atoms with Gasteiger partial charge in [0.05, 0.1) is 27.5 Å². The molecule has 2 aromatic carbocycles. The molecule has 1 N–H and O–H groups in total. The molecule has 0 aliphatic carbocycles. The molecule has 3 rings (SSSR count). The van der Waals surface area contributed by atoms with Gasteiger partial charge < -0.3 is 5.43 Å². The Morgan fingerprint density at radius 2 is 1.90 bits per heavy atom. The lowest BCUT2D eigenvalue weighted by atomic mass is 10.2. The molecule has 0 fully saturated rings. The van der Waals surface area contributed by atoms with Gasteiger partial charge in [-0.25, -0.2) is 9.66 Å². The zero-order valence-corrected chi connectivity index (χ0v) is 12.4. The topological polar surface area (TPSA) is 46.9 Å². The van der Waals surface area contributed by atoms with Crippen LogP contribution in [0.3, 0.4) is 0 Å². The normalized spacial score (nSPS) is 10.8. The number of benzene rings is 2. The summed E-state index contributed by atoms with van der Waals surface area (Å²) in [6, 6.07) is 12.6. The summed E-state index contributed by atoms with van der Waals surface area (Å²) in [5, 5.41) is 1.56. The lowest BCUT2D eigenvalue weighted by Crippen LogP contribution is -2.28. The minimum Gasteiger partial charge on any atom is -0.317 e. The third-order valence-corrected chi connectivity index (χ3v) is 3.84. The predicted molar refractivity (Wildman–Crippen MR) is 85.5 cm³/mol. The van der Waals surface area contributed by atoms with Crippen molar-refractivity contribution < 1.29 is 0 Å². The molecular weight excluding hydrogens is 309 g/mol. The monoisotopic (exact) mass is 319 g/mol. The van der Waals surface area contributed by atoms with Crippen LogP contribution in [0, 0.1) is 0 Å². The number of fused-ring (bicyclic) bond motifs is 1. The van der Waals surface area contributed by atoms with E-state index >= 15 is 0 Å². The molecule has 0 atom stereocenters. The Balaban J connectivity index is 1.86. The molecular formula is C15H11Cl2N3O. The van der Waals surface area contributed by atoms with E-state index < -0.39 is 0 Å². The summed E-state index contributed by atoms with van der Waals surface area (Å²) in [5.74, 6) is 0. The smallest absolute Gasteiger partial charge is 0.279 e. The van der Waals surface area contributed by atoms with Crippen LogP contribution in [0.4, 0.5) is 0 Å². The average molecular weight is 320 g/mol. The summed E-state index contributed by atoms with van der Waals surface area (Å²) in [4.78, 5) is 16.5. The molecule has 0 unspecified atom stereocenters. The van der Waals surface area contributed by atoms with Crippen molar-refractivity contribution >= 4 is 34.1 Å². The molecule has 1 aromatic heterocycles. The van der Waals surface area contributed by atoms with Gasteiger partial charge in [-0.1, -0.05) is 41.4 Å². The van der Waals surface area contributed by atoms with Crippen molar-refractivity contribution in [3.63, 3.8) is 0 Å². The van der Waals surface area contributed by atoms with E-state index in [0.29, 0.717) is 27.5 Å². The number of aromatic nitrogens is 2. The zero-order chi connectivity index (χ0) is 14.8. The summed E-state index contributed by atoms with van der Waals surface area (Å²) >= 11 is 11.8. The highest BCUT2D eigenvalue weighted by Gasteiger charge is 2.04. The molecule has 3 aromatic rings. The van der Waals surface area contributed by atoms with Crippen molar-refractivity contribution in [2.24, 2.45) is 0 Å². The maximum absolute atomic E-state index is 12.3. The number of hydrogen-bond donors (Lipinski definition) is 1. The Hall–Kier alpha value is -2.04. The fraction of sp³-hybridized carbons (Fsp3) is 0.0667. The van der Waals surface area contributed by atoms with Gasteiger partial charge in [0.15, 0.2) is 0 Å². The largest absolute Gasteiger partial charge is 0.317 e. The lowest BCUT2D eigenvalue weighted by molar-refractivity contribution is 0.791. The Bertz CT molecular complexity index is 861. The van der Waals surface area contributed by atoms with Crippen molar-refractivity contribution in [1.29, 1.82) is 0 Å². The molecule has 0 bridgehead atoms.